The zero-order valence-electron chi connectivity index (χ0n) is 16.1. The molecular weight excluding hydrogens is 352 g/mol. The first-order chi connectivity index (χ1) is 13.5. The Hall–Kier alpha value is -3.21. The fraction of sp³-hybridized carbons (Fsp3) is 0.261. The van der Waals surface area contributed by atoms with E-state index >= 15 is 0 Å². The molecule has 0 spiro atoms. The van der Waals surface area contributed by atoms with Crippen molar-refractivity contribution in [2.75, 3.05) is 12.3 Å². The SMILES string of the molecule is CCOC(=O)c1ccccc1C1C2=CC=C(N)CC2Oc2cc(N)c(C)cc21. The third-order valence-electron chi connectivity index (χ3n) is 5.36. The van der Waals surface area contributed by atoms with Gasteiger partial charge in [-0.3, -0.25) is 0 Å². The van der Waals surface area contributed by atoms with E-state index in [1.807, 2.05) is 56.3 Å². The Balaban J connectivity index is 1.94. The Morgan fingerprint density at radius 2 is 1.96 bits per heavy atom. The van der Waals surface area contributed by atoms with Gasteiger partial charge in [0.05, 0.1) is 12.2 Å². The molecule has 5 nitrogen and oxygen atoms in total. The molecule has 1 aliphatic carbocycles. The molecule has 4 rings (SSSR count). The minimum Gasteiger partial charge on any atom is -0.485 e. The molecule has 2 aromatic rings. The van der Waals surface area contributed by atoms with Crippen molar-refractivity contribution in [1.82, 2.24) is 0 Å². The number of nitrogens with two attached hydrogens (primary N) is 2. The van der Waals surface area contributed by atoms with E-state index in [1.54, 1.807) is 0 Å². The average molecular weight is 376 g/mol. The first-order valence-electron chi connectivity index (χ1n) is 9.48. The van der Waals surface area contributed by atoms with E-state index in [1.165, 1.54) is 0 Å². The number of fused-ring (bicyclic) bond motifs is 2. The molecule has 5 heteroatoms. The first-order valence-corrected chi connectivity index (χ1v) is 9.48. The van der Waals surface area contributed by atoms with Crippen molar-refractivity contribution in [3.05, 3.63) is 82.1 Å². The Morgan fingerprint density at radius 3 is 2.75 bits per heavy atom. The van der Waals surface area contributed by atoms with Crippen LogP contribution in [0.1, 0.15) is 46.3 Å². The molecule has 2 atom stereocenters. The lowest BCUT2D eigenvalue weighted by Crippen LogP contribution is -2.33. The van der Waals surface area contributed by atoms with Gasteiger partial charge in [-0.1, -0.05) is 24.3 Å². The number of allylic oxidation sites excluding steroid dienone is 2. The molecule has 4 N–H and O–H groups in total. The number of rotatable bonds is 3. The number of esters is 1. The van der Waals surface area contributed by atoms with Crippen LogP contribution in [0.4, 0.5) is 5.69 Å². The highest BCUT2D eigenvalue weighted by molar-refractivity contribution is 5.92. The number of anilines is 1. The molecule has 0 saturated carbocycles. The van der Waals surface area contributed by atoms with Crippen molar-refractivity contribution in [3.8, 4) is 5.75 Å². The maximum absolute atomic E-state index is 12.6. The van der Waals surface area contributed by atoms with Crippen LogP contribution in [-0.4, -0.2) is 18.7 Å². The van der Waals surface area contributed by atoms with Gasteiger partial charge in [-0.05, 0) is 48.8 Å². The molecule has 0 fully saturated rings. The average Bonchev–Trinajstić information content (AvgIpc) is 2.67. The smallest absolute Gasteiger partial charge is 0.338 e. The Kier molecular flexibility index (Phi) is 4.59. The van der Waals surface area contributed by atoms with E-state index in [9.17, 15) is 4.79 Å². The number of carbonyl (C=O) groups excluding carboxylic acids is 1. The summed E-state index contributed by atoms with van der Waals surface area (Å²) in [6, 6.07) is 11.5. The Morgan fingerprint density at radius 1 is 1.18 bits per heavy atom. The highest BCUT2D eigenvalue weighted by Gasteiger charge is 2.37. The molecule has 0 aromatic heterocycles. The van der Waals surface area contributed by atoms with Crippen molar-refractivity contribution in [3.63, 3.8) is 0 Å². The maximum atomic E-state index is 12.6. The van der Waals surface area contributed by atoms with Gasteiger partial charge in [0.15, 0.2) is 0 Å². The summed E-state index contributed by atoms with van der Waals surface area (Å²) in [6.07, 6.45) is 4.37. The summed E-state index contributed by atoms with van der Waals surface area (Å²) < 4.78 is 11.6. The van der Waals surface area contributed by atoms with Crippen LogP contribution in [-0.2, 0) is 4.74 Å². The molecule has 1 heterocycles. The molecule has 2 unspecified atom stereocenters. The minimum absolute atomic E-state index is 0.127. The van der Waals surface area contributed by atoms with Crippen LogP contribution in [0.15, 0.2) is 59.8 Å². The van der Waals surface area contributed by atoms with Gasteiger partial charge in [-0.25, -0.2) is 4.79 Å². The summed E-state index contributed by atoms with van der Waals surface area (Å²) >= 11 is 0. The number of ether oxygens (including phenoxy) is 2. The predicted octanol–water partition coefficient (Wildman–Crippen LogP) is 3.82. The molecule has 28 heavy (non-hydrogen) atoms. The fourth-order valence-corrected chi connectivity index (χ4v) is 3.98. The van der Waals surface area contributed by atoms with E-state index in [0.29, 0.717) is 24.3 Å². The second-order valence-electron chi connectivity index (χ2n) is 7.21. The topological polar surface area (TPSA) is 87.6 Å². The first kappa shape index (κ1) is 18.2. The molecule has 2 aliphatic rings. The maximum Gasteiger partial charge on any atom is 0.338 e. The van der Waals surface area contributed by atoms with Crippen LogP contribution >= 0.6 is 0 Å². The van der Waals surface area contributed by atoms with Gasteiger partial charge >= 0.3 is 5.97 Å². The van der Waals surface area contributed by atoms with Crippen LogP contribution in [0.3, 0.4) is 0 Å². The number of hydrogen-bond acceptors (Lipinski definition) is 5. The van der Waals surface area contributed by atoms with E-state index in [2.05, 4.69) is 6.07 Å². The number of benzene rings is 2. The van der Waals surface area contributed by atoms with Crippen LogP contribution < -0.4 is 16.2 Å². The zero-order chi connectivity index (χ0) is 19.8. The third kappa shape index (κ3) is 3.03. The van der Waals surface area contributed by atoms with Gasteiger partial charge < -0.3 is 20.9 Å². The number of aryl methyl sites for hydroxylation is 1. The quantitative estimate of drug-likeness (QED) is 0.628. The zero-order valence-corrected chi connectivity index (χ0v) is 16.1. The van der Waals surface area contributed by atoms with E-state index < -0.39 is 0 Å². The fourth-order valence-electron chi connectivity index (χ4n) is 3.98. The van der Waals surface area contributed by atoms with Crippen molar-refractivity contribution in [2.45, 2.75) is 32.3 Å². The van der Waals surface area contributed by atoms with Gasteiger partial charge in [0, 0.05) is 35.4 Å². The Bertz CT molecular complexity index is 1010. The van der Waals surface area contributed by atoms with Crippen molar-refractivity contribution < 1.29 is 14.3 Å². The molecular formula is C23H24N2O3. The van der Waals surface area contributed by atoms with E-state index in [4.69, 9.17) is 20.9 Å². The standard InChI is InChI=1S/C23H24N2O3/c1-3-27-23(26)16-7-5-4-6-15(16)22-17-9-8-14(24)11-20(17)28-21-12-19(25)13(2)10-18(21)22/h4-10,12,20,22H,3,11,24-25H2,1-2H3. The summed E-state index contributed by atoms with van der Waals surface area (Å²) in [7, 11) is 0. The van der Waals surface area contributed by atoms with Gasteiger partial charge in [0.25, 0.3) is 0 Å². The van der Waals surface area contributed by atoms with Crippen LogP contribution in [0.5, 0.6) is 5.75 Å². The minimum atomic E-state index is -0.318. The Labute approximate surface area is 164 Å². The van der Waals surface area contributed by atoms with Crippen molar-refractivity contribution >= 4 is 11.7 Å². The predicted molar refractivity (Wildman–Crippen MR) is 109 cm³/mol. The lowest BCUT2D eigenvalue weighted by molar-refractivity contribution is 0.0524. The summed E-state index contributed by atoms with van der Waals surface area (Å²) in [4.78, 5) is 12.6. The van der Waals surface area contributed by atoms with Crippen LogP contribution in [0, 0.1) is 6.92 Å². The van der Waals surface area contributed by atoms with Gasteiger partial charge in [-0.2, -0.15) is 0 Å². The molecule has 2 aromatic carbocycles. The second-order valence-corrected chi connectivity index (χ2v) is 7.21. The normalized spacial score (nSPS) is 20.2. The summed E-state index contributed by atoms with van der Waals surface area (Å²) in [6.45, 7) is 4.12. The largest absolute Gasteiger partial charge is 0.485 e. The number of carbonyl (C=O) groups is 1. The van der Waals surface area contributed by atoms with Gasteiger partial charge in [0.1, 0.15) is 11.9 Å². The molecule has 0 amide bonds. The highest BCUT2D eigenvalue weighted by Crippen LogP contribution is 2.48. The molecule has 144 valence electrons. The van der Waals surface area contributed by atoms with Crippen LogP contribution in [0.25, 0.3) is 0 Å². The molecule has 0 saturated heterocycles. The third-order valence-corrected chi connectivity index (χ3v) is 5.36. The monoisotopic (exact) mass is 376 g/mol. The summed E-state index contributed by atoms with van der Waals surface area (Å²) in [5.41, 5.74) is 18.2. The van der Waals surface area contributed by atoms with Gasteiger partial charge in [-0.15, -0.1) is 0 Å². The lowest BCUT2D eigenvalue weighted by atomic mass is 9.75. The molecule has 1 aliphatic heterocycles. The molecule has 0 bridgehead atoms. The second kappa shape index (κ2) is 7.08. The van der Waals surface area contributed by atoms with Crippen molar-refractivity contribution in [1.29, 1.82) is 0 Å². The van der Waals surface area contributed by atoms with Crippen molar-refractivity contribution in [2.24, 2.45) is 5.73 Å². The lowest BCUT2D eigenvalue weighted by Gasteiger charge is -2.38. The number of nitrogen functional groups attached to an aromatic ring is 1. The van der Waals surface area contributed by atoms with E-state index in [0.717, 1.165) is 33.7 Å². The number of hydrogen-bond donors (Lipinski definition) is 2. The summed E-state index contributed by atoms with van der Waals surface area (Å²) in [5.74, 6) is 0.294. The summed E-state index contributed by atoms with van der Waals surface area (Å²) in [5, 5.41) is 0. The van der Waals surface area contributed by atoms with E-state index in [-0.39, 0.29) is 18.0 Å². The highest BCUT2D eigenvalue weighted by atomic mass is 16.5. The molecule has 0 radical (unpaired) electrons. The van der Waals surface area contributed by atoms with Crippen LogP contribution in [0.2, 0.25) is 0 Å². The van der Waals surface area contributed by atoms with Gasteiger partial charge in [0.2, 0.25) is 0 Å².